The lowest BCUT2D eigenvalue weighted by Gasteiger charge is -2.21. The van der Waals surface area contributed by atoms with Crippen LogP contribution in [0.3, 0.4) is 0 Å². The standard InChI is InChI=1S/C67H74F6O10/c1-3-5-7-9-14-18-46-78-56-38-30-50(31-39-56)48-22-26-52(27-23-48)62(74)80-58-42-34-54(35-43-58)64(76)82-60(66(68,69)70)20-16-12-11-13-17-21-61(67(71,72)73)83-65(77)55-36-44-59(45-37-55)81-63(75)53-28-24-49(25-29-53)51-32-40-57(41-33-51)79-47-19-15-10-8-6-4-2/h22-45,60-61H,3-21,46-47H2,1-2H3/t60-,61-/m0/s1. The number of carbonyl (C=O) groups excluding carboxylic acids is 4. The Morgan fingerprint density at radius 1 is 0.325 bits per heavy atom. The number of ether oxygens (including phenoxy) is 6. The molecule has 0 heterocycles. The zero-order valence-corrected chi connectivity index (χ0v) is 47.2. The number of carbonyl (C=O) groups is 4. The first-order valence-electron chi connectivity index (χ1n) is 28.9. The summed E-state index contributed by atoms with van der Waals surface area (Å²) in [6.45, 7) is 5.70. The molecule has 0 aromatic heterocycles. The van der Waals surface area contributed by atoms with Crippen LogP contribution in [0.4, 0.5) is 26.3 Å². The highest BCUT2D eigenvalue weighted by Crippen LogP contribution is 2.32. The van der Waals surface area contributed by atoms with Gasteiger partial charge >= 0.3 is 36.2 Å². The van der Waals surface area contributed by atoms with Gasteiger partial charge in [0.2, 0.25) is 0 Å². The normalized spacial score (nSPS) is 12.2. The van der Waals surface area contributed by atoms with Crippen LogP contribution in [0, 0.1) is 0 Å². The molecule has 6 aromatic rings. The molecule has 0 aliphatic carbocycles. The number of benzene rings is 6. The molecule has 0 aliphatic heterocycles. The van der Waals surface area contributed by atoms with Gasteiger partial charge in [-0.3, -0.25) is 0 Å². The van der Waals surface area contributed by atoms with Crippen molar-refractivity contribution in [3.63, 3.8) is 0 Å². The fourth-order valence-corrected chi connectivity index (χ4v) is 9.04. The van der Waals surface area contributed by atoms with Gasteiger partial charge in [0.15, 0.2) is 12.2 Å². The van der Waals surface area contributed by atoms with Crippen LogP contribution in [0.2, 0.25) is 0 Å². The molecule has 6 aromatic carbocycles. The molecule has 0 unspecified atom stereocenters. The van der Waals surface area contributed by atoms with Gasteiger partial charge in [-0.25, -0.2) is 19.2 Å². The lowest BCUT2D eigenvalue weighted by molar-refractivity contribution is -0.206. The zero-order chi connectivity index (χ0) is 59.5. The first kappa shape index (κ1) is 64.5. The van der Waals surface area contributed by atoms with Gasteiger partial charge in [0.05, 0.1) is 35.5 Å². The molecule has 0 fully saturated rings. The summed E-state index contributed by atoms with van der Waals surface area (Å²) in [4.78, 5) is 51.5. The molecule has 0 spiro atoms. The zero-order valence-electron chi connectivity index (χ0n) is 47.2. The second kappa shape index (κ2) is 33.5. The number of hydrogen-bond donors (Lipinski definition) is 0. The maximum atomic E-state index is 14.0. The average Bonchev–Trinajstić information content (AvgIpc) is 3.63. The minimum absolute atomic E-state index is 0.0475. The lowest BCUT2D eigenvalue weighted by Crippen LogP contribution is -2.34. The molecule has 83 heavy (non-hydrogen) atoms. The molecule has 2 atom stereocenters. The van der Waals surface area contributed by atoms with Crippen molar-refractivity contribution in [3.05, 3.63) is 168 Å². The second-order valence-electron chi connectivity index (χ2n) is 20.5. The Morgan fingerprint density at radius 2 is 0.578 bits per heavy atom. The van der Waals surface area contributed by atoms with Crippen molar-refractivity contribution in [2.45, 2.75) is 160 Å². The third-order valence-corrected chi connectivity index (χ3v) is 13.9. The maximum absolute atomic E-state index is 14.0. The maximum Gasteiger partial charge on any atom is 0.425 e. The molecule has 0 N–H and O–H groups in total. The van der Waals surface area contributed by atoms with E-state index < -0.39 is 61.3 Å². The molecule has 0 saturated heterocycles. The van der Waals surface area contributed by atoms with Crippen LogP contribution in [0.15, 0.2) is 146 Å². The van der Waals surface area contributed by atoms with Gasteiger partial charge in [0.1, 0.15) is 23.0 Å². The Hall–Kier alpha value is -7.62. The molecule has 0 saturated carbocycles. The summed E-state index contributed by atoms with van der Waals surface area (Å²) < 4.78 is 116. The Bertz CT molecular complexity index is 2690. The Balaban J connectivity index is 0.867. The number of alkyl halides is 6. The molecule has 16 heteroatoms. The monoisotopic (exact) mass is 1150 g/mol. The quantitative estimate of drug-likeness (QED) is 0.0167. The number of unbranched alkanes of at least 4 members (excludes halogenated alkanes) is 14. The summed E-state index contributed by atoms with van der Waals surface area (Å²) in [6.07, 6.45) is -1.16. The number of esters is 4. The van der Waals surface area contributed by atoms with Crippen molar-refractivity contribution in [3.8, 4) is 45.3 Å². The Kier molecular flexibility index (Phi) is 26.0. The van der Waals surface area contributed by atoms with Crippen LogP contribution in [-0.2, 0) is 9.47 Å². The Morgan fingerprint density at radius 3 is 0.892 bits per heavy atom. The predicted octanol–water partition coefficient (Wildman–Crippen LogP) is 18.5. The van der Waals surface area contributed by atoms with Crippen molar-refractivity contribution < 1.29 is 73.9 Å². The van der Waals surface area contributed by atoms with Crippen LogP contribution >= 0.6 is 0 Å². The van der Waals surface area contributed by atoms with E-state index in [4.69, 9.17) is 28.4 Å². The van der Waals surface area contributed by atoms with E-state index in [0.29, 0.717) is 13.2 Å². The largest absolute Gasteiger partial charge is 0.494 e. The van der Waals surface area contributed by atoms with Crippen LogP contribution in [-0.4, -0.2) is 61.7 Å². The van der Waals surface area contributed by atoms with Gasteiger partial charge in [0, 0.05) is 0 Å². The first-order valence-corrected chi connectivity index (χ1v) is 28.9. The fraction of sp³-hybridized carbons (Fsp3) is 0.403. The van der Waals surface area contributed by atoms with Gasteiger partial charge in [-0.15, -0.1) is 0 Å². The van der Waals surface area contributed by atoms with Gasteiger partial charge < -0.3 is 28.4 Å². The summed E-state index contributed by atoms with van der Waals surface area (Å²) in [7, 11) is 0. The molecule has 444 valence electrons. The van der Waals surface area contributed by atoms with E-state index in [9.17, 15) is 45.5 Å². The molecular weight excluding hydrogens is 1080 g/mol. The van der Waals surface area contributed by atoms with Crippen LogP contribution in [0.25, 0.3) is 22.3 Å². The van der Waals surface area contributed by atoms with E-state index >= 15 is 0 Å². The molecule has 10 nitrogen and oxygen atoms in total. The number of rotatable bonds is 34. The van der Waals surface area contributed by atoms with Gasteiger partial charge in [0.25, 0.3) is 0 Å². The fourth-order valence-electron chi connectivity index (χ4n) is 9.04. The van der Waals surface area contributed by atoms with Gasteiger partial charge in [-0.05, 0) is 158 Å². The SMILES string of the molecule is CCCCCCCCOc1ccc(-c2ccc(C(=O)Oc3ccc(C(=O)O[C@@H](CCCCCCC[C@H](OC(=O)c4ccc(OC(=O)c5ccc(-c6ccc(OCCCCCCCC)cc6)cc5)cc4)C(F)(F)F)C(F)(F)F)cc3)cc2)cc1. The summed E-state index contributed by atoms with van der Waals surface area (Å²) in [6, 6.07) is 38.6. The van der Waals surface area contributed by atoms with E-state index in [-0.39, 0.29) is 65.9 Å². The lowest BCUT2D eigenvalue weighted by atomic mass is 10.0. The molecule has 0 bridgehead atoms. The van der Waals surface area contributed by atoms with Gasteiger partial charge in [-0.1, -0.05) is 146 Å². The summed E-state index contributed by atoms with van der Waals surface area (Å²) in [5, 5.41) is 0. The highest BCUT2D eigenvalue weighted by Gasteiger charge is 2.43. The molecular formula is C67H74F6O10. The predicted molar refractivity (Wildman–Crippen MR) is 307 cm³/mol. The van der Waals surface area contributed by atoms with Gasteiger partial charge in [-0.2, -0.15) is 26.3 Å². The molecule has 0 radical (unpaired) electrons. The van der Waals surface area contributed by atoms with E-state index in [1.165, 1.54) is 99.9 Å². The van der Waals surface area contributed by atoms with Crippen LogP contribution in [0.5, 0.6) is 23.0 Å². The second-order valence-corrected chi connectivity index (χ2v) is 20.5. The van der Waals surface area contributed by atoms with Crippen molar-refractivity contribution in [1.82, 2.24) is 0 Å². The molecule has 0 aliphatic rings. The average molecular weight is 1150 g/mol. The van der Waals surface area contributed by atoms with Crippen molar-refractivity contribution in [1.29, 1.82) is 0 Å². The smallest absolute Gasteiger partial charge is 0.425 e. The van der Waals surface area contributed by atoms with Crippen molar-refractivity contribution in [2.24, 2.45) is 0 Å². The summed E-state index contributed by atoms with van der Waals surface area (Å²) in [5.41, 5.74) is 3.67. The molecule has 6 rings (SSSR count). The minimum Gasteiger partial charge on any atom is -0.494 e. The summed E-state index contributed by atoms with van der Waals surface area (Å²) >= 11 is 0. The highest BCUT2D eigenvalue weighted by atomic mass is 19.4. The van der Waals surface area contributed by atoms with E-state index in [1.807, 2.05) is 48.5 Å². The topological polar surface area (TPSA) is 124 Å². The minimum atomic E-state index is -4.90. The molecule has 0 amide bonds. The van der Waals surface area contributed by atoms with E-state index in [1.54, 1.807) is 48.5 Å². The Labute approximate surface area is 482 Å². The third kappa shape index (κ3) is 22.2. The number of halogens is 6. The van der Waals surface area contributed by atoms with Crippen molar-refractivity contribution in [2.75, 3.05) is 13.2 Å². The van der Waals surface area contributed by atoms with E-state index in [0.717, 1.165) is 59.4 Å². The third-order valence-electron chi connectivity index (χ3n) is 13.9. The highest BCUT2D eigenvalue weighted by molar-refractivity contribution is 5.93. The van der Waals surface area contributed by atoms with Crippen LogP contribution in [0.1, 0.15) is 177 Å². The first-order chi connectivity index (χ1) is 40.0. The number of hydrogen-bond acceptors (Lipinski definition) is 10. The van der Waals surface area contributed by atoms with E-state index in [2.05, 4.69) is 13.8 Å². The van der Waals surface area contributed by atoms with Crippen LogP contribution < -0.4 is 18.9 Å². The van der Waals surface area contributed by atoms with Crippen molar-refractivity contribution >= 4 is 23.9 Å². The summed E-state index contributed by atoms with van der Waals surface area (Å²) in [5.74, 6) is -2.21.